The number of rotatable bonds is 4. The van der Waals surface area contributed by atoms with Crippen molar-refractivity contribution in [3.63, 3.8) is 0 Å². The Bertz CT molecular complexity index is 505. The quantitative estimate of drug-likeness (QED) is 0.878. The molecule has 1 aromatic heterocycles. The first-order chi connectivity index (χ1) is 8.16. The standard InChI is InChI=1S/C13H13NO3/c1-14(8-10-5-6-17-9-10)12-4-2-3-11(7-12)13(15)16/h2-7,9H,8H2,1H3,(H,15,16). The molecule has 0 saturated heterocycles. The third kappa shape index (κ3) is 2.66. The Labute approximate surface area is 99.1 Å². The van der Waals surface area contributed by atoms with Crippen LogP contribution in [0.25, 0.3) is 0 Å². The highest BCUT2D eigenvalue weighted by Gasteiger charge is 2.07. The lowest BCUT2D eigenvalue weighted by atomic mass is 10.2. The zero-order valence-corrected chi connectivity index (χ0v) is 9.46. The summed E-state index contributed by atoms with van der Waals surface area (Å²) in [6.45, 7) is 0.680. The first kappa shape index (κ1) is 11.3. The third-order valence-electron chi connectivity index (χ3n) is 2.53. The van der Waals surface area contributed by atoms with Gasteiger partial charge >= 0.3 is 5.97 Å². The fraction of sp³-hybridized carbons (Fsp3) is 0.154. The largest absolute Gasteiger partial charge is 0.478 e. The Kier molecular flexibility index (Phi) is 3.14. The zero-order valence-electron chi connectivity index (χ0n) is 9.46. The van der Waals surface area contributed by atoms with Crippen LogP contribution < -0.4 is 4.90 Å². The number of hydrogen-bond acceptors (Lipinski definition) is 3. The van der Waals surface area contributed by atoms with Gasteiger partial charge in [0.15, 0.2) is 0 Å². The predicted octanol–water partition coefficient (Wildman–Crippen LogP) is 2.61. The molecule has 0 radical (unpaired) electrons. The van der Waals surface area contributed by atoms with Crippen LogP contribution in [-0.2, 0) is 6.54 Å². The molecule has 0 amide bonds. The SMILES string of the molecule is CN(Cc1ccoc1)c1cccc(C(=O)O)c1. The Balaban J connectivity index is 2.16. The molecular formula is C13H13NO3. The highest BCUT2D eigenvalue weighted by Crippen LogP contribution is 2.17. The molecule has 1 heterocycles. The van der Waals surface area contributed by atoms with E-state index in [0.29, 0.717) is 12.1 Å². The minimum Gasteiger partial charge on any atom is -0.478 e. The number of anilines is 1. The summed E-state index contributed by atoms with van der Waals surface area (Å²) in [6, 6.07) is 8.74. The molecular weight excluding hydrogens is 218 g/mol. The smallest absolute Gasteiger partial charge is 0.335 e. The Morgan fingerprint density at radius 2 is 2.24 bits per heavy atom. The van der Waals surface area contributed by atoms with E-state index in [2.05, 4.69) is 0 Å². The van der Waals surface area contributed by atoms with Crippen LogP contribution in [0.3, 0.4) is 0 Å². The summed E-state index contributed by atoms with van der Waals surface area (Å²) in [5.74, 6) is -0.913. The lowest BCUT2D eigenvalue weighted by Gasteiger charge is -2.18. The monoisotopic (exact) mass is 231 g/mol. The number of nitrogens with zero attached hydrogens (tertiary/aromatic N) is 1. The number of furan rings is 1. The summed E-state index contributed by atoms with van der Waals surface area (Å²) in [5, 5.41) is 8.91. The van der Waals surface area contributed by atoms with Gasteiger partial charge in [0.25, 0.3) is 0 Å². The summed E-state index contributed by atoms with van der Waals surface area (Å²) in [5.41, 5.74) is 2.21. The van der Waals surface area contributed by atoms with Crippen LogP contribution >= 0.6 is 0 Å². The molecule has 0 fully saturated rings. The van der Waals surface area contributed by atoms with Crippen molar-refractivity contribution in [3.8, 4) is 0 Å². The molecule has 0 spiro atoms. The molecule has 0 aliphatic rings. The maximum atomic E-state index is 10.9. The average Bonchev–Trinajstić information content (AvgIpc) is 2.82. The van der Waals surface area contributed by atoms with Crippen LogP contribution in [0.1, 0.15) is 15.9 Å². The van der Waals surface area contributed by atoms with Gasteiger partial charge in [-0.05, 0) is 24.3 Å². The molecule has 1 aromatic carbocycles. The van der Waals surface area contributed by atoms with Crippen molar-refractivity contribution in [3.05, 3.63) is 54.0 Å². The zero-order chi connectivity index (χ0) is 12.3. The van der Waals surface area contributed by atoms with Crippen LogP contribution in [0.5, 0.6) is 0 Å². The van der Waals surface area contributed by atoms with Crippen molar-refractivity contribution in [1.82, 2.24) is 0 Å². The first-order valence-corrected chi connectivity index (χ1v) is 5.22. The van der Waals surface area contributed by atoms with Crippen molar-refractivity contribution in [2.24, 2.45) is 0 Å². The molecule has 88 valence electrons. The summed E-state index contributed by atoms with van der Waals surface area (Å²) >= 11 is 0. The van der Waals surface area contributed by atoms with Crippen LogP contribution in [-0.4, -0.2) is 18.1 Å². The Morgan fingerprint density at radius 1 is 1.41 bits per heavy atom. The number of carboxylic acids is 1. The fourth-order valence-corrected chi connectivity index (χ4v) is 1.62. The Hall–Kier alpha value is -2.23. The Morgan fingerprint density at radius 3 is 2.88 bits per heavy atom. The van der Waals surface area contributed by atoms with Crippen LogP contribution in [0.4, 0.5) is 5.69 Å². The topological polar surface area (TPSA) is 53.7 Å². The van der Waals surface area contributed by atoms with Gasteiger partial charge in [-0.2, -0.15) is 0 Å². The van der Waals surface area contributed by atoms with E-state index in [0.717, 1.165) is 11.3 Å². The summed E-state index contributed by atoms with van der Waals surface area (Å²) in [4.78, 5) is 12.8. The summed E-state index contributed by atoms with van der Waals surface area (Å²) in [6.07, 6.45) is 3.30. The average molecular weight is 231 g/mol. The molecule has 4 heteroatoms. The molecule has 0 unspecified atom stereocenters. The minimum atomic E-state index is -0.913. The van der Waals surface area contributed by atoms with E-state index in [1.807, 2.05) is 24.1 Å². The highest BCUT2D eigenvalue weighted by atomic mass is 16.4. The van der Waals surface area contributed by atoms with Crippen molar-refractivity contribution in [2.45, 2.75) is 6.54 Å². The molecule has 17 heavy (non-hydrogen) atoms. The van der Waals surface area contributed by atoms with Gasteiger partial charge in [0.2, 0.25) is 0 Å². The molecule has 0 aliphatic heterocycles. The van der Waals surface area contributed by atoms with Gasteiger partial charge in [-0.15, -0.1) is 0 Å². The molecule has 1 N–H and O–H groups in total. The lowest BCUT2D eigenvalue weighted by molar-refractivity contribution is 0.0697. The second kappa shape index (κ2) is 4.74. The molecule has 2 rings (SSSR count). The first-order valence-electron chi connectivity index (χ1n) is 5.22. The van der Waals surface area contributed by atoms with Gasteiger partial charge in [0.1, 0.15) is 0 Å². The maximum Gasteiger partial charge on any atom is 0.335 e. The maximum absolute atomic E-state index is 10.9. The van der Waals surface area contributed by atoms with Crippen molar-refractivity contribution in [1.29, 1.82) is 0 Å². The number of carboxylic acid groups (broad SMARTS) is 1. The van der Waals surface area contributed by atoms with Crippen LogP contribution in [0, 0.1) is 0 Å². The summed E-state index contributed by atoms with van der Waals surface area (Å²) < 4.78 is 4.99. The molecule has 2 aromatic rings. The van der Waals surface area contributed by atoms with Gasteiger partial charge in [-0.3, -0.25) is 0 Å². The molecule has 4 nitrogen and oxygen atoms in total. The normalized spacial score (nSPS) is 10.2. The van der Waals surface area contributed by atoms with Gasteiger partial charge in [-0.25, -0.2) is 4.79 Å². The second-order valence-electron chi connectivity index (χ2n) is 3.84. The van der Waals surface area contributed by atoms with E-state index >= 15 is 0 Å². The van der Waals surface area contributed by atoms with E-state index < -0.39 is 5.97 Å². The van der Waals surface area contributed by atoms with Crippen molar-refractivity contribution in [2.75, 3.05) is 11.9 Å². The van der Waals surface area contributed by atoms with Gasteiger partial charge in [0.05, 0.1) is 18.1 Å². The van der Waals surface area contributed by atoms with E-state index in [-0.39, 0.29) is 0 Å². The molecule has 0 saturated carbocycles. The molecule has 0 bridgehead atoms. The van der Waals surface area contributed by atoms with Gasteiger partial charge in [0, 0.05) is 24.8 Å². The minimum absolute atomic E-state index is 0.293. The molecule has 0 atom stereocenters. The second-order valence-corrected chi connectivity index (χ2v) is 3.84. The van der Waals surface area contributed by atoms with Crippen LogP contribution in [0.2, 0.25) is 0 Å². The number of carbonyl (C=O) groups is 1. The van der Waals surface area contributed by atoms with Gasteiger partial charge < -0.3 is 14.4 Å². The van der Waals surface area contributed by atoms with E-state index in [1.54, 1.807) is 30.7 Å². The fourth-order valence-electron chi connectivity index (χ4n) is 1.62. The van der Waals surface area contributed by atoms with Crippen molar-refractivity contribution >= 4 is 11.7 Å². The van der Waals surface area contributed by atoms with E-state index in [4.69, 9.17) is 9.52 Å². The van der Waals surface area contributed by atoms with Gasteiger partial charge in [-0.1, -0.05) is 6.07 Å². The molecule has 0 aliphatic carbocycles. The number of benzene rings is 1. The number of hydrogen-bond donors (Lipinski definition) is 1. The van der Waals surface area contributed by atoms with E-state index in [1.165, 1.54) is 0 Å². The summed E-state index contributed by atoms with van der Waals surface area (Å²) in [7, 11) is 1.91. The van der Waals surface area contributed by atoms with Crippen LogP contribution in [0.15, 0.2) is 47.3 Å². The highest BCUT2D eigenvalue weighted by molar-refractivity contribution is 5.88. The van der Waals surface area contributed by atoms with E-state index in [9.17, 15) is 4.79 Å². The number of aromatic carboxylic acids is 1. The third-order valence-corrected chi connectivity index (χ3v) is 2.53. The lowest BCUT2D eigenvalue weighted by Crippen LogP contribution is -2.16. The van der Waals surface area contributed by atoms with Crippen molar-refractivity contribution < 1.29 is 14.3 Å². The predicted molar refractivity (Wildman–Crippen MR) is 64.2 cm³/mol.